The molecule has 0 aliphatic rings. The minimum atomic E-state index is 0.237. The number of methoxy groups -OCH3 is 1. The van der Waals surface area contributed by atoms with Gasteiger partial charge in [0.25, 0.3) is 0 Å². The molecule has 0 bridgehead atoms. The number of aliphatic imine (C=N–C) groups is 1. The third-order valence-corrected chi connectivity index (χ3v) is 4.11. The van der Waals surface area contributed by atoms with E-state index in [4.69, 9.17) is 4.74 Å². The fourth-order valence-electron chi connectivity index (χ4n) is 2.62. The van der Waals surface area contributed by atoms with Crippen molar-refractivity contribution in [1.82, 2.24) is 15.5 Å². The molecule has 0 aromatic heterocycles. The van der Waals surface area contributed by atoms with Crippen molar-refractivity contribution < 1.29 is 4.74 Å². The third kappa shape index (κ3) is 5.80. The molecule has 5 nitrogen and oxygen atoms in total. The van der Waals surface area contributed by atoms with E-state index in [-0.39, 0.29) is 6.04 Å². The van der Waals surface area contributed by atoms with Gasteiger partial charge in [-0.25, -0.2) is 0 Å². The van der Waals surface area contributed by atoms with Gasteiger partial charge in [0.2, 0.25) is 0 Å². The van der Waals surface area contributed by atoms with E-state index in [0.717, 1.165) is 24.8 Å². The van der Waals surface area contributed by atoms with E-state index in [1.165, 1.54) is 11.1 Å². The lowest BCUT2D eigenvalue weighted by molar-refractivity contribution is 0.298. The Kier molecular flexibility index (Phi) is 7.29. The molecule has 0 saturated heterocycles. The maximum atomic E-state index is 5.24. The number of ether oxygens (including phenoxy) is 1. The van der Waals surface area contributed by atoms with Gasteiger partial charge in [-0.3, -0.25) is 4.99 Å². The van der Waals surface area contributed by atoms with E-state index in [2.05, 4.69) is 58.9 Å². The van der Waals surface area contributed by atoms with Crippen LogP contribution in [0.3, 0.4) is 0 Å². The zero-order valence-electron chi connectivity index (χ0n) is 15.5. The second kappa shape index (κ2) is 9.69. The minimum absolute atomic E-state index is 0.237. The fourth-order valence-corrected chi connectivity index (χ4v) is 2.62. The van der Waals surface area contributed by atoms with Crippen LogP contribution in [0.1, 0.15) is 17.2 Å². The van der Waals surface area contributed by atoms with Gasteiger partial charge in [-0.1, -0.05) is 42.5 Å². The molecule has 0 saturated carbocycles. The molecule has 0 aliphatic carbocycles. The molecule has 2 rings (SSSR count). The maximum Gasteiger partial charge on any atom is 0.191 e. The first-order valence-corrected chi connectivity index (χ1v) is 8.43. The molecule has 0 spiro atoms. The summed E-state index contributed by atoms with van der Waals surface area (Å²) in [6.45, 7) is 1.50. The summed E-state index contributed by atoms with van der Waals surface area (Å²) in [6.07, 6.45) is 0. The van der Waals surface area contributed by atoms with Crippen LogP contribution in [0.4, 0.5) is 0 Å². The predicted octanol–water partition coefficient (Wildman–Crippen LogP) is 2.66. The van der Waals surface area contributed by atoms with E-state index in [0.29, 0.717) is 0 Å². The highest BCUT2D eigenvalue weighted by Gasteiger charge is 2.14. The topological polar surface area (TPSA) is 48.9 Å². The Morgan fingerprint density at radius 2 is 1.72 bits per heavy atom. The summed E-state index contributed by atoms with van der Waals surface area (Å²) in [6, 6.07) is 18.7. The lowest BCUT2D eigenvalue weighted by atomic mass is 10.1. The van der Waals surface area contributed by atoms with Crippen LogP contribution in [0.25, 0.3) is 0 Å². The summed E-state index contributed by atoms with van der Waals surface area (Å²) in [7, 11) is 7.63. The molecule has 0 heterocycles. The molecule has 2 aromatic rings. The zero-order chi connectivity index (χ0) is 18.1. The lowest BCUT2D eigenvalue weighted by Crippen LogP contribution is -2.41. The van der Waals surface area contributed by atoms with Gasteiger partial charge in [-0.05, 0) is 37.4 Å². The molecule has 2 aromatic carbocycles. The van der Waals surface area contributed by atoms with Crippen molar-refractivity contribution in [1.29, 1.82) is 0 Å². The number of hydrogen-bond donors (Lipinski definition) is 2. The highest BCUT2D eigenvalue weighted by molar-refractivity contribution is 5.79. The van der Waals surface area contributed by atoms with Crippen molar-refractivity contribution in [2.75, 3.05) is 34.8 Å². The molecular weight excluding hydrogens is 312 g/mol. The quantitative estimate of drug-likeness (QED) is 0.601. The maximum absolute atomic E-state index is 5.24. The van der Waals surface area contributed by atoms with Gasteiger partial charge in [-0.2, -0.15) is 0 Å². The summed E-state index contributed by atoms with van der Waals surface area (Å²) in [4.78, 5) is 6.51. The summed E-state index contributed by atoms with van der Waals surface area (Å²) >= 11 is 0. The SMILES string of the molecule is CN=C(NCc1ccccc1)NCC(c1ccc(OC)cc1)N(C)C. The minimum Gasteiger partial charge on any atom is -0.497 e. The molecular formula is C20H28N4O. The van der Waals surface area contributed by atoms with Crippen LogP contribution in [0.5, 0.6) is 5.75 Å². The molecule has 25 heavy (non-hydrogen) atoms. The van der Waals surface area contributed by atoms with Crippen LogP contribution in [0, 0.1) is 0 Å². The van der Waals surface area contributed by atoms with Gasteiger partial charge in [0.15, 0.2) is 5.96 Å². The third-order valence-electron chi connectivity index (χ3n) is 4.11. The molecule has 0 amide bonds. The monoisotopic (exact) mass is 340 g/mol. The smallest absolute Gasteiger partial charge is 0.191 e. The van der Waals surface area contributed by atoms with E-state index >= 15 is 0 Å². The molecule has 0 aliphatic heterocycles. The Balaban J connectivity index is 1.94. The van der Waals surface area contributed by atoms with Crippen LogP contribution in [-0.2, 0) is 6.54 Å². The van der Waals surface area contributed by atoms with Gasteiger partial charge in [0.1, 0.15) is 5.75 Å². The number of benzene rings is 2. The second-order valence-electron chi connectivity index (χ2n) is 6.04. The van der Waals surface area contributed by atoms with Crippen molar-refractivity contribution in [3.05, 3.63) is 65.7 Å². The summed E-state index contributed by atoms with van der Waals surface area (Å²) in [5.41, 5.74) is 2.46. The summed E-state index contributed by atoms with van der Waals surface area (Å²) < 4.78 is 5.24. The predicted molar refractivity (Wildman–Crippen MR) is 104 cm³/mol. The van der Waals surface area contributed by atoms with Crippen LogP contribution < -0.4 is 15.4 Å². The van der Waals surface area contributed by atoms with Crippen molar-refractivity contribution in [3.8, 4) is 5.75 Å². The number of guanidine groups is 1. The normalized spacial score (nSPS) is 12.8. The number of likely N-dealkylation sites (N-methyl/N-ethyl adjacent to an activating group) is 1. The number of nitrogens with one attached hydrogen (secondary N) is 2. The van der Waals surface area contributed by atoms with Crippen LogP contribution in [-0.4, -0.2) is 45.7 Å². The van der Waals surface area contributed by atoms with Gasteiger partial charge in [0, 0.05) is 20.1 Å². The lowest BCUT2D eigenvalue weighted by Gasteiger charge is -2.26. The molecule has 5 heteroatoms. The van der Waals surface area contributed by atoms with Crippen LogP contribution >= 0.6 is 0 Å². The van der Waals surface area contributed by atoms with Gasteiger partial charge in [-0.15, -0.1) is 0 Å². The van der Waals surface area contributed by atoms with Crippen molar-refractivity contribution in [2.24, 2.45) is 4.99 Å². The number of hydrogen-bond acceptors (Lipinski definition) is 3. The molecule has 1 atom stereocenters. The molecule has 0 fully saturated rings. The van der Waals surface area contributed by atoms with E-state index in [9.17, 15) is 0 Å². The first-order chi connectivity index (χ1) is 12.1. The van der Waals surface area contributed by atoms with Crippen molar-refractivity contribution >= 4 is 5.96 Å². The largest absolute Gasteiger partial charge is 0.497 e. The summed E-state index contributed by atoms with van der Waals surface area (Å²) in [5.74, 6) is 1.67. The first-order valence-electron chi connectivity index (χ1n) is 8.43. The zero-order valence-corrected chi connectivity index (χ0v) is 15.5. The van der Waals surface area contributed by atoms with Crippen LogP contribution in [0.2, 0.25) is 0 Å². The van der Waals surface area contributed by atoms with Crippen molar-refractivity contribution in [2.45, 2.75) is 12.6 Å². The first kappa shape index (κ1) is 18.8. The van der Waals surface area contributed by atoms with Gasteiger partial charge >= 0.3 is 0 Å². The Morgan fingerprint density at radius 1 is 1.04 bits per heavy atom. The Hall–Kier alpha value is -2.53. The standard InChI is InChI=1S/C20H28N4O/c1-21-20(22-14-16-8-6-5-7-9-16)23-15-19(24(2)3)17-10-12-18(25-4)13-11-17/h5-13,19H,14-15H2,1-4H3,(H2,21,22,23). The highest BCUT2D eigenvalue weighted by atomic mass is 16.5. The van der Waals surface area contributed by atoms with Crippen LogP contribution in [0.15, 0.2) is 59.6 Å². The average molecular weight is 340 g/mol. The van der Waals surface area contributed by atoms with Crippen molar-refractivity contribution in [3.63, 3.8) is 0 Å². The number of rotatable bonds is 7. The highest BCUT2D eigenvalue weighted by Crippen LogP contribution is 2.20. The summed E-state index contributed by atoms with van der Waals surface area (Å²) in [5, 5.41) is 6.76. The second-order valence-corrected chi connectivity index (χ2v) is 6.04. The molecule has 2 N–H and O–H groups in total. The molecule has 1 unspecified atom stereocenters. The fraction of sp³-hybridized carbons (Fsp3) is 0.350. The Bertz CT molecular complexity index is 653. The van der Waals surface area contributed by atoms with Gasteiger partial charge < -0.3 is 20.3 Å². The van der Waals surface area contributed by atoms with E-state index < -0.39 is 0 Å². The Morgan fingerprint density at radius 3 is 2.28 bits per heavy atom. The average Bonchev–Trinajstić information content (AvgIpc) is 2.65. The van der Waals surface area contributed by atoms with E-state index in [1.807, 2.05) is 30.3 Å². The van der Waals surface area contributed by atoms with Gasteiger partial charge in [0.05, 0.1) is 13.2 Å². The Labute approximate surface area is 150 Å². The number of nitrogens with zero attached hydrogens (tertiary/aromatic N) is 2. The molecule has 134 valence electrons. The molecule has 0 radical (unpaired) electrons. The van der Waals surface area contributed by atoms with E-state index in [1.54, 1.807) is 14.2 Å².